The highest BCUT2D eigenvalue weighted by Gasteiger charge is 2.36. The fraction of sp³-hybridized carbons (Fsp3) is 0.353. The van der Waals surface area contributed by atoms with Gasteiger partial charge in [0.2, 0.25) is 0 Å². The number of carbonyl (C=O) groups excluding carboxylic acids is 1. The number of rotatable bonds is 4. The van der Waals surface area contributed by atoms with Gasteiger partial charge in [0.15, 0.2) is 0 Å². The van der Waals surface area contributed by atoms with Gasteiger partial charge in [0, 0.05) is 18.3 Å². The van der Waals surface area contributed by atoms with Crippen LogP contribution in [-0.2, 0) is 16.6 Å². The van der Waals surface area contributed by atoms with Crippen LogP contribution >= 0.6 is 0 Å². The lowest BCUT2D eigenvalue weighted by molar-refractivity contribution is -0.121. The third-order valence-corrected chi connectivity index (χ3v) is 3.99. The van der Waals surface area contributed by atoms with Crippen molar-refractivity contribution in [2.24, 2.45) is 0 Å². The molecule has 1 fully saturated rings. The van der Waals surface area contributed by atoms with Crippen LogP contribution in [0.4, 0.5) is 4.39 Å². The second-order valence-corrected chi connectivity index (χ2v) is 5.19. The summed E-state index contributed by atoms with van der Waals surface area (Å²) in [5, 5.41) is 0. The summed E-state index contributed by atoms with van der Waals surface area (Å²) in [4.78, 5) is 11.8. The van der Waals surface area contributed by atoms with E-state index in [1.54, 1.807) is 12.1 Å². The molecule has 1 unspecified atom stereocenters. The van der Waals surface area contributed by atoms with Crippen molar-refractivity contribution in [2.45, 2.75) is 37.5 Å². The van der Waals surface area contributed by atoms with Crippen LogP contribution in [0.3, 0.4) is 0 Å². The van der Waals surface area contributed by atoms with Crippen molar-refractivity contribution in [2.75, 3.05) is 0 Å². The molecule has 100 valence electrons. The second-order valence-electron chi connectivity index (χ2n) is 5.19. The first kappa shape index (κ1) is 13.7. The first-order valence-electron chi connectivity index (χ1n) is 6.67. The fourth-order valence-corrected chi connectivity index (χ4v) is 3.02. The summed E-state index contributed by atoms with van der Waals surface area (Å²) >= 11 is 0. The second kappa shape index (κ2) is 5.52. The third-order valence-electron chi connectivity index (χ3n) is 3.99. The highest BCUT2D eigenvalue weighted by molar-refractivity contribution is 5.81. The fourth-order valence-electron chi connectivity index (χ4n) is 3.02. The van der Waals surface area contributed by atoms with Gasteiger partial charge in [-0.2, -0.15) is 0 Å². The quantitative estimate of drug-likeness (QED) is 0.742. The lowest BCUT2D eigenvalue weighted by Crippen LogP contribution is -2.32. The van der Waals surface area contributed by atoms with Crippen molar-refractivity contribution in [1.29, 1.82) is 0 Å². The Morgan fingerprint density at radius 1 is 1.37 bits per heavy atom. The van der Waals surface area contributed by atoms with Gasteiger partial charge in [-0.3, -0.25) is 4.79 Å². The maximum absolute atomic E-state index is 14.0. The highest BCUT2D eigenvalue weighted by Crippen LogP contribution is 2.41. The Morgan fingerprint density at radius 3 is 2.79 bits per heavy atom. The van der Waals surface area contributed by atoms with Gasteiger partial charge in [-0.25, -0.2) is 4.39 Å². The third kappa shape index (κ3) is 2.53. The minimum absolute atomic E-state index is 0.225. The van der Waals surface area contributed by atoms with Crippen LogP contribution < -0.4 is 0 Å². The predicted octanol–water partition coefficient (Wildman–Crippen LogP) is 4.12. The molecule has 1 aliphatic rings. The standard InChI is InChI=1S/C17H19FO/c1-3-7-14-15(9-5-10-16(14)18)17(4-2)11-6-8-13(19)12-17/h3-5,9-10H,1-2,6-8,11-12H2. The molecular weight excluding hydrogens is 239 g/mol. The Balaban J connectivity index is 2.54. The summed E-state index contributed by atoms with van der Waals surface area (Å²) in [5.74, 6) is 0.0108. The molecule has 0 bridgehead atoms. The van der Waals surface area contributed by atoms with Crippen LogP contribution in [0.15, 0.2) is 43.5 Å². The number of allylic oxidation sites excluding steroid dienone is 2. The van der Waals surface area contributed by atoms with Gasteiger partial charge in [-0.15, -0.1) is 13.2 Å². The molecule has 1 aromatic rings. The number of halogens is 1. The van der Waals surface area contributed by atoms with Gasteiger partial charge in [0.05, 0.1) is 0 Å². The van der Waals surface area contributed by atoms with Gasteiger partial charge in [0.1, 0.15) is 11.6 Å². The smallest absolute Gasteiger partial charge is 0.134 e. The number of hydrogen-bond acceptors (Lipinski definition) is 1. The molecule has 2 heteroatoms. The van der Waals surface area contributed by atoms with Crippen molar-refractivity contribution in [3.8, 4) is 0 Å². The van der Waals surface area contributed by atoms with Crippen molar-refractivity contribution in [3.05, 3.63) is 60.5 Å². The molecule has 1 nitrogen and oxygen atoms in total. The SMILES string of the molecule is C=CCc1c(F)cccc1C1(C=C)CCCC(=O)C1. The Kier molecular flexibility index (Phi) is 3.98. The Hall–Kier alpha value is -1.70. The largest absolute Gasteiger partial charge is 0.300 e. The topological polar surface area (TPSA) is 17.1 Å². The number of hydrogen-bond donors (Lipinski definition) is 0. The van der Waals surface area contributed by atoms with Crippen LogP contribution in [0.2, 0.25) is 0 Å². The molecule has 0 aromatic heterocycles. The van der Waals surface area contributed by atoms with E-state index in [1.165, 1.54) is 6.07 Å². The summed E-state index contributed by atoms with van der Waals surface area (Å²) in [7, 11) is 0. The van der Waals surface area contributed by atoms with Crippen LogP contribution in [-0.4, -0.2) is 5.78 Å². The monoisotopic (exact) mass is 258 g/mol. The summed E-state index contributed by atoms with van der Waals surface area (Å²) in [6.45, 7) is 7.59. The van der Waals surface area contributed by atoms with Gasteiger partial charge in [-0.1, -0.05) is 24.3 Å². The van der Waals surface area contributed by atoms with Crippen LogP contribution in [0.5, 0.6) is 0 Å². The Bertz CT molecular complexity index is 518. The molecule has 1 aromatic carbocycles. The summed E-state index contributed by atoms with van der Waals surface area (Å²) in [6, 6.07) is 5.09. The van der Waals surface area contributed by atoms with Gasteiger partial charge >= 0.3 is 0 Å². The lowest BCUT2D eigenvalue weighted by atomic mass is 9.67. The van der Waals surface area contributed by atoms with E-state index in [2.05, 4.69) is 13.2 Å². The van der Waals surface area contributed by atoms with Crippen LogP contribution in [0.1, 0.15) is 36.8 Å². The van der Waals surface area contributed by atoms with E-state index in [4.69, 9.17) is 0 Å². The molecule has 0 spiro atoms. The van der Waals surface area contributed by atoms with E-state index in [9.17, 15) is 9.18 Å². The average molecular weight is 258 g/mol. The van der Waals surface area contributed by atoms with E-state index < -0.39 is 5.41 Å². The number of ketones is 1. The first-order valence-corrected chi connectivity index (χ1v) is 6.67. The zero-order valence-corrected chi connectivity index (χ0v) is 11.1. The first-order chi connectivity index (χ1) is 9.13. The molecule has 0 heterocycles. The number of carbonyl (C=O) groups is 1. The van der Waals surface area contributed by atoms with E-state index in [1.807, 2.05) is 12.1 Å². The molecule has 1 atom stereocenters. The molecule has 0 saturated heterocycles. The van der Waals surface area contributed by atoms with Crippen LogP contribution in [0.25, 0.3) is 0 Å². The van der Waals surface area contributed by atoms with Crippen molar-refractivity contribution >= 4 is 5.78 Å². The molecule has 1 aliphatic carbocycles. The summed E-state index contributed by atoms with van der Waals surface area (Å²) < 4.78 is 14.0. The predicted molar refractivity (Wildman–Crippen MR) is 75.7 cm³/mol. The maximum atomic E-state index is 14.0. The van der Waals surface area contributed by atoms with Crippen molar-refractivity contribution < 1.29 is 9.18 Å². The van der Waals surface area contributed by atoms with E-state index in [-0.39, 0.29) is 11.6 Å². The van der Waals surface area contributed by atoms with E-state index in [0.29, 0.717) is 24.8 Å². The Labute approximate surface area is 113 Å². The minimum atomic E-state index is -0.407. The zero-order chi connectivity index (χ0) is 13.9. The van der Waals surface area contributed by atoms with E-state index >= 15 is 0 Å². The molecule has 1 saturated carbocycles. The Morgan fingerprint density at radius 2 is 2.16 bits per heavy atom. The molecule has 19 heavy (non-hydrogen) atoms. The molecular formula is C17H19FO. The number of Topliss-reactive ketones (excluding diaryl/α,β-unsaturated/α-hetero) is 1. The normalized spacial score (nSPS) is 23.1. The number of benzene rings is 1. The molecule has 0 amide bonds. The highest BCUT2D eigenvalue weighted by atomic mass is 19.1. The summed E-state index contributed by atoms with van der Waals surface area (Å²) in [6.07, 6.45) is 6.76. The molecule has 0 N–H and O–H groups in total. The van der Waals surface area contributed by atoms with Gasteiger partial charge in [0.25, 0.3) is 0 Å². The van der Waals surface area contributed by atoms with Gasteiger partial charge in [-0.05, 0) is 36.5 Å². The minimum Gasteiger partial charge on any atom is -0.300 e. The lowest BCUT2D eigenvalue weighted by Gasteiger charge is -2.35. The molecule has 0 radical (unpaired) electrons. The van der Waals surface area contributed by atoms with Gasteiger partial charge < -0.3 is 0 Å². The van der Waals surface area contributed by atoms with Crippen LogP contribution in [0, 0.1) is 5.82 Å². The van der Waals surface area contributed by atoms with E-state index in [0.717, 1.165) is 18.4 Å². The maximum Gasteiger partial charge on any atom is 0.134 e. The summed E-state index contributed by atoms with van der Waals surface area (Å²) in [5.41, 5.74) is 1.14. The molecule has 2 rings (SSSR count). The average Bonchev–Trinajstić information content (AvgIpc) is 2.41. The zero-order valence-electron chi connectivity index (χ0n) is 11.1. The van der Waals surface area contributed by atoms with Crippen molar-refractivity contribution in [1.82, 2.24) is 0 Å². The molecule has 0 aliphatic heterocycles. The van der Waals surface area contributed by atoms with Crippen molar-refractivity contribution in [3.63, 3.8) is 0 Å².